The number of nitrogens with one attached hydrogen (secondary N) is 2. The van der Waals surface area contributed by atoms with Crippen LogP contribution in [0.5, 0.6) is 0 Å². The third-order valence-electron chi connectivity index (χ3n) is 6.45. The molecule has 2 aromatic heterocycles. The van der Waals surface area contributed by atoms with E-state index in [1.165, 1.54) is 23.9 Å². The minimum Gasteiger partial charge on any atom is -0.348 e. The van der Waals surface area contributed by atoms with Crippen molar-refractivity contribution in [2.45, 2.75) is 39.8 Å². The number of pyridine rings is 1. The first-order valence-corrected chi connectivity index (χ1v) is 14.0. The van der Waals surface area contributed by atoms with E-state index in [0.717, 1.165) is 18.4 Å². The van der Waals surface area contributed by atoms with Gasteiger partial charge in [0.05, 0.1) is 21.3 Å². The lowest BCUT2D eigenvalue weighted by Gasteiger charge is -2.16. The lowest BCUT2D eigenvalue weighted by molar-refractivity contribution is -0.141. The van der Waals surface area contributed by atoms with E-state index in [-0.39, 0.29) is 33.7 Å². The van der Waals surface area contributed by atoms with Crippen molar-refractivity contribution < 1.29 is 22.8 Å². The summed E-state index contributed by atoms with van der Waals surface area (Å²) in [6.45, 7) is 6.25. The zero-order valence-electron chi connectivity index (χ0n) is 23.5. The number of allylic oxidation sites excluding steroid dienone is 3. The largest absolute Gasteiger partial charge is 0.435 e. The van der Waals surface area contributed by atoms with E-state index in [9.17, 15) is 22.8 Å². The van der Waals surface area contributed by atoms with Crippen LogP contribution in [0.25, 0.3) is 16.6 Å². The molecule has 0 atom stereocenters. The molecule has 0 aliphatic heterocycles. The predicted molar refractivity (Wildman–Crippen MR) is 163 cm³/mol. The van der Waals surface area contributed by atoms with Crippen LogP contribution in [0, 0.1) is 0 Å². The third kappa shape index (κ3) is 7.63. The summed E-state index contributed by atoms with van der Waals surface area (Å²) in [6, 6.07) is 12.0. The Morgan fingerprint density at radius 1 is 1.00 bits per heavy atom. The summed E-state index contributed by atoms with van der Waals surface area (Å²) < 4.78 is 41.6. The van der Waals surface area contributed by atoms with Gasteiger partial charge in [0.25, 0.3) is 11.8 Å². The number of carbonyl (C=O) groups excluding carboxylic acids is 2. The fourth-order valence-electron chi connectivity index (χ4n) is 4.26. The molecule has 0 fully saturated rings. The summed E-state index contributed by atoms with van der Waals surface area (Å²) in [5.41, 5.74) is 0.438. The monoisotopic (exact) mass is 629 g/mol. The van der Waals surface area contributed by atoms with Gasteiger partial charge in [0.2, 0.25) is 0 Å². The molecular weight excluding hydrogens is 602 g/mol. The maximum atomic E-state index is 13.6. The summed E-state index contributed by atoms with van der Waals surface area (Å²) in [4.78, 5) is 30.9. The number of alkyl halides is 3. The Morgan fingerprint density at radius 3 is 2.44 bits per heavy atom. The average molecular weight is 630 g/mol. The van der Waals surface area contributed by atoms with Crippen LogP contribution in [0.1, 0.15) is 60.2 Å². The Morgan fingerprint density at radius 2 is 1.74 bits per heavy atom. The molecule has 0 spiro atoms. The van der Waals surface area contributed by atoms with Crippen molar-refractivity contribution >= 4 is 51.5 Å². The molecule has 0 saturated heterocycles. The van der Waals surface area contributed by atoms with Gasteiger partial charge in [-0.15, -0.1) is 0 Å². The number of amides is 2. The van der Waals surface area contributed by atoms with Crippen LogP contribution < -0.4 is 10.6 Å². The number of nitrogens with zero attached hydrogens (tertiary/aromatic N) is 3. The number of anilines is 1. The number of hydrogen-bond donors (Lipinski definition) is 2. The minimum absolute atomic E-state index is 0.0265. The second kappa shape index (κ2) is 13.4. The van der Waals surface area contributed by atoms with E-state index in [1.54, 1.807) is 30.3 Å². The van der Waals surface area contributed by atoms with Crippen molar-refractivity contribution in [1.29, 1.82) is 0 Å². The smallest absolute Gasteiger partial charge is 0.348 e. The van der Waals surface area contributed by atoms with Crippen molar-refractivity contribution in [3.05, 3.63) is 105 Å². The minimum atomic E-state index is -4.86. The topological polar surface area (TPSA) is 88.9 Å². The van der Waals surface area contributed by atoms with Crippen molar-refractivity contribution in [3.63, 3.8) is 0 Å². The number of halogens is 5. The summed E-state index contributed by atoms with van der Waals surface area (Å²) in [6.07, 6.45) is 2.19. The molecule has 2 N–H and O–H groups in total. The van der Waals surface area contributed by atoms with Crippen LogP contribution in [0.3, 0.4) is 0 Å². The first kappa shape index (κ1) is 31.8. The second-order valence-electron chi connectivity index (χ2n) is 10.0. The summed E-state index contributed by atoms with van der Waals surface area (Å²) in [5.74, 6) is -1.72. The summed E-state index contributed by atoms with van der Waals surface area (Å²) in [7, 11) is 0. The zero-order chi connectivity index (χ0) is 31.3. The molecule has 0 unspecified atom stereocenters. The van der Waals surface area contributed by atoms with Gasteiger partial charge in [-0.3, -0.25) is 9.59 Å². The molecule has 2 amide bonds. The van der Waals surface area contributed by atoms with Crippen molar-refractivity contribution in [3.8, 4) is 5.82 Å². The highest BCUT2D eigenvalue weighted by Crippen LogP contribution is 2.36. The molecule has 0 bridgehead atoms. The number of aromatic nitrogens is 3. The maximum Gasteiger partial charge on any atom is 0.435 e. The molecule has 0 radical (unpaired) electrons. The Balaban J connectivity index is 1.70. The summed E-state index contributed by atoms with van der Waals surface area (Å²) >= 11 is 12.9. The van der Waals surface area contributed by atoms with E-state index >= 15 is 0 Å². The van der Waals surface area contributed by atoms with Gasteiger partial charge in [-0.1, -0.05) is 70.8 Å². The molecule has 224 valence electrons. The van der Waals surface area contributed by atoms with Gasteiger partial charge in [0.15, 0.2) is 11.5 Å². The van der Waals surface area contributed by atoms with Gasteiger partial charge >= 0.3 is 6.18 Å². The van der Waals surface area contributed by atoms with Crippen LogP contribution in [0.2, 0.25) is 10.0 Å². The van der Waals surface area contributed by atoms with Crippen LogP contribution in [0.15, 0.2) is 78.0 Å². The SMILES string of the molecule is CC(C)=CCC/C(C)=C/CNC(=O)c1cc2ccccc2c(Cl)c1NC(=O)c1cc(C(F)(F)F)nn1-c1ncccc1Cl. The number of carbonyl (C=O) groups is 2. The Labute approximate surface area is 256 Å². The van der Waals surface area contributed by atoms with Gasteiger partial charge in [0, 0.05) is 24.2 Å². The quantitative estimate of drug-likeness (QED) is 0.182. The van der Waals surface area contributed by atoms with Gasteiger partial charge < -0.3 is 10.6 Å². The van der Waals surface area contributed by atoms with Crippen LogP contribution in [-0.2, 0) is 6.18 Å². The molecule has 7 nitrogen and oxygen atoms in total. The second-order valence-corrected chi connectivity index (χ2v) is 10.8. The first-order valence-electron chi connectivity index (χ1n) is 13.2. The van der Waals surface area contributed by atoms with E-state index in [2.05, 4.69) is 26.8 Å². The maximum absolute atomic E-state index is 13.6. The van der Waals surface area contributed by atoms with Crippen molar-refractivity contribution in [2.75, 3.05) is 11.9 Å². The summed E-state index contributed by atoms with van der Waals surface area (Å²) in [5, 5.41) is 10.1. The Hall–Kier alpha value is -4.15. The van der Waals surface area contributed by atoms with Crippen LogP contribution in [0.4, 0.5) is 18.9 Å². The van der Waals surface area contributed by atoms with Gasteiger partial charge in [-0.25, -0.2) is 9.67 Å². The van der Waals surface area contributed by atoms with Gasteiger partial charge in [0.1, 0.15) is 5.69 Å². The normalized spacial score (nSPS) is 11.9. The molecule has 4 aromatic rings. The highest BCUT2D eigenvalue weighted by molar-refractivity contribution is 6.40. The third-order valence-corrected chi connectivity index (χ3v) is 7.13. The highest BCUT2D eigenvalue weighted by Gasteiger charge is 2.37. The molecule has 2 heterocycles. The average Bonchev–Trinajstić information content (AvgIpc) is 3.41. The predicted octanol–water partition coefficient (Wildman–Crippen LogP) is 8.42. The molecule has 12 heteroatoms. The molecule has 0 aliphatic carbocycles. The Kier molecular flexibility index (Phi) is 9.93. The van der Waals surface area contributed by atoms with E-state index in [4.69, 9.17) is 23.2 Å². The molecule has 0 saturated carbocycles. The molecule has 4 rings (SSSR count). The number of rotatable bonds is 9. The number of benzene rings is 2. The van der Waals surface area contributed by atoms with E-state index in [1.807, 2.05) is 26.8 Å². The molecular formula is C31H28Cl2F3N5O2. The van der Waals surface area contributed by atoms with Crippen molar-refractivity contribution in [2.24, 2.45) is 0 Å². The fourth-order valence-corrected chi connectivity index (χ4v) is 4.78. The number of hydrogen-bond acceptors (Lipinski definition) is 4. The van der Waals surface area contributed by atoms with Gasteiger partial charge in [-0.2, -0.15) is 18.3 Å². The molecule has 2 aromatic carbocycles. The van der Waals surface area contributed by atoms with Crippen molar-refractivity contribution in [1.82, 2.24) is 20.1 Å². The van der Waals surface area contributed by atoms with Crippen LogP contribution >= 0.6 is 23.2 Å². The first-order chi connectivity index (χ1) is 20.4. The number of fused-ring (bicyclic) bond motifs is 1. The standard InChI is InChI=1S/C31H28Cl2F3N5O2/c1-18(2)8-6-9-19(3)13-15-38-29(42)22-16-20-10-4-5-11-21(20)26(33)27(22)39-30(43)24-17-25(31(34,35)36)40-41(24)28-23(32)12-7-14-37-28/h4-5,7-8,10-14,16-17H,6,9,15H2,1-3H3,(H,38,42)(H,39,43)/b19-13+. The van der Waals surface area contributed by atoms with Crippen LogP contribution in [-0.4, -0.2) is 33.1 Å². The van der Waals surface area contributed by atoms with Gasteiger partial charge in [-0.05, 0) is 57.2 Å². The Bertz CT molecular complexity index is 1740. The molecule has 43 heavy (non-hydrogen) atoms. The van der Waals surface area contributed by atoms with E-state index in [0.29, 0.717) is 21.5 Å². The zero-order valence-corrected chi connectivity index (χ0v) is 25.0. The lowest BCUT2D eigenvalue weighted by atomic mass is 10.0. The fraction of sp³-hybridized carbons (Fsp3) is 0.226. The molecule has 0 aliphatic rings. The van der Waals surface area contributed by atoms with E-state index < -0.39 is 29.4 Å². The highest BCUT2D eigenvalue weighted by atomic mass is 35.5. The lowest BCUT2D eigenvalue weighted by Crippen LogP contribution is -2.26.